The number of carbonyl (C=O) groups is 1. The first-order valence-electron chi connectivity index (χ1n) is 8.15. The summed E-state index contributed by atoms with van der Waals surface area (Å²) in [5, 5.41) is 0. The summed E-state index contributed by atoms with van der Waals surface area (Å²) in [6.07, 6.45) is 1.38. The smallest absolute Gasteiger partial charge is 0.328 e. The highest BCUT2D eigenvalue weighted by atomic mass is 16.5. The lowest BCUT2D eigenvalue weighted by molar-refractivity contribution is -0.139. The molecule has 0 radical (unpaired) electrons. The Morgan fingerprint density at radius 2 is 2.04 bits per heavy atom. The number of aromatic nitrogens is 2. The van der Waals surface area contributed by atoms with Crippen LogP contribution in [0.5, 0.6) is 0 Å². The molecule has 2 heterocycles. The molecule has 0 saturated carbocycles. The van der Waals surface area contributed by atoms with Crippen LogP contribution in [0.1, 0.15) is 19.8 Å². The summed E-state index contributed by atoms with van der Waals surface area (Å²) in [6.45, 7) is 4.36. The van der Waals surface area contributed by atoms with Gasteiger partial charge in [0.25, 0.3) is 0 Å². The van der Waals surface area contributed by atoms with Crippen molar-refractivity contribution in [3.05, 3.63) is 34.7 Å². The molecule has 0 aliphatic carbocycles. The molecule has 6 nitrogen and oxygen atoms in total. The Morgan fingerprint density at radius 1 is 1.30 bits per heavy atom. The summed E-state index contributed by atoms with van der Waals surface area (Å²) in [7, 11) is 1.76. The number of benzene rings is 1. The molecule has 23 heavy (non-hydrogen) atoms. The third-order valence-electron chi connectivity index (χ3n) is 4.55. The normalized spacial score (nSPS) is 18.5. The fourth-order valence-electron chi connectivity index (χ4n) is 3.14. The topological polar surface area (TPSA) is 56.5 Å². The van der Waals surface area contributed by atoms with E-state index in [1.165, 1.54) is 0 Å². The molecule has 0 bridgehead atoms. The average molecular weight is 317 g/mol. The van der Waals surface area contributed by atoms with E-state index in [-0.39, 0.29) is 17.7 Å². The zero-order valence-corrected chi connectivity index (χ0v) is 13.7. The monoisotopic (exact) mass is 317 g/mol. The van der Waals surface area contributed by atoms with Crippen LogP contribution in [0.25, 0.3) is 11.0 Å². The second-order valence-electron chi connectivity index (χ2n) is 5.97. The zero-order chi connectivity index (χ0) is 16.4. The van der Waals surface area contributed by atoms with Crippen molar-refractivity contribution in [3.8, 4) is 0 Å². The van der Waals surface area contributed by atoms with Crippen molar-refractivity contribution in [3.63, 3.8) is 0 Å². The van der Waals surface area contributed by atoms with Crippen LogP contribution in [0, 0.1) is 0 Å². The van der Waals surface area contributed by atoms with Gasteiger partial charge in [-0.15, -0.1) is 0 Å². The molecule has 6 heteroatoms. The quantitative estimate of drug-likeness (QED) is 0.856. The summed E-state index contributed by atoms with van der Waals surface area (Å²) >= 11 is 0. The van der Waals surface area contributed by atoms with E-state index in [1.54, 1.807) is 16.2 Å². The number of imidazole rings is 1. The molecule has 1 aliphatic rings. The number of fused-ring (bicyclic) bond motifs is 1. The third-order valence-corrected chi connectivity index (χ3v) is 4.55. The average Bonchev–Trinajstić information content (AvgIpc) is 2.84. The van der Waals surface area contributed by atoms with Crippen molar-refractivity contribution in [1.82, 2.24) is 14.0 Å². The van der Waals surface area contributed by atoms with Gasteiger partial charge in [0.05, 0.1) is 23.7 Å². The summed E-state index contributed by atoms with van der Waals surface area (Å²) in [4.78, 5) is 26.6. The molecule has 1 amide bonds. The number of carbonyl (C=O) groups excluding carboxylic acids is 1. The molecule has 124 valence electrons. The van der Waals surface area contributed by atoms with E-state index in [0.29, 0.717) is 32.7 Å². The van der Waals surface area contributed by atoms with Crippen molar-refractivity contribution in [2.45, 2.75) is 32.4 Å². The van der Waals surface area contributed by atoms with Crippen LogP contribution in [0.4, 0.5) is 0 Å². The molecule has 1 aliphatic heterocycles. The molecule has 1 atom stereocenters. The Bertz CT molecular complexity index is 762. The van der Waals surface area contributed by atoms with E-state index < -0.39 is 0 Å². The SMILES string of the molecule is CCC1CN(C(=O)CCn2c(=O)n(C)c3ccccc32)CCO1. The van der Waals surface area contributed by atoms with Crippen LogP contribution in [0.15, 0.2) is 29.1 Å². The predicted octanol–water partition coefficient (Wildman–Crippen LogP) is 1.37. The second-order valence-corrected chi connectivity index (χ2v) is 5.97. The number of para-hydroxylation sites is 2. The lowest BCUT2D eigenvalue weighted by Gasteiger charge is -2.32. The third kappa shape index (κ3) is 3.03. The largest absolute Gasteiger partial charge is 0.375 e. The van der Waals surface area contributed by atoms with Gasteiger partial charge in [-0.3, -0.25) is 13.9 Å². The van der Waals surface area contributed by atoms with Gasteiger partial charge in [-0.1, -0.05) is 19.1 Å². The molecule has 3 rings (SSSR count). The van der Waals surface area contributed by atoms with Crippen molar-refractivity contribution in [2.24, 2.45) is 7.05 Å². The first-order chi connectivity index (χ1) is 11.1. The van der Waals surface area contributed by atoms with Crippen molar-refractivity contribution < 1.29 is 9.53 Å². The summed E-state index contributed by atoms with van der Waals surface area (Å²) in [5.41, 5.74) is 1.69. The van der Waals surface area contributed by atoms with Gasteiger partial charge in [0, 0.05) is 33.1 Å². The van der Waals surface area contributed by atoms with Crippen LogP contribution in [0.3, 0.4) is 0 Å². The number of ether oxygens (including phenoxy) is 1. The van der Waals surface area contributed by atoms with Gasteiger partial charge in [0.1, 0.15) is 0 Å². The van der Waals surface area contributed by atoms with E-state index in [1.807, 2.05) is 29.2 Å². The second kappa shape index (κ2) is 6.58. The molecular formula is C17H23N3O3. The minimum absolute atomic E-state index is 0.0765. The van der Waals surface area contributed by atoms with Crippen molar-refractivity contribution in [2.75, 3.05) is 19.7 Å². The molecule has 1 fully saturated rings. The maximum absolute atomic E-state index is 12.4. The highest BCUT2D eigenvalue weighted by Gasteiger charge is 2.23. The molecule has 0 spiro atoms. The van der Waals surface area contributed by atoms with Gasteiger partial charge in [-0.25, -0.2) is 4.79 Å². The van der Waals surface area contributed by atoms with E-state index in [0.717, 1.165) is 17.5 Å². The maximum Gasteiger partial charge on any atom is 0.328 e. The number of amides is 1. The Hall–Kier alpha value is -2.08. The Labute approximate surface area is 135 Å². The lowest BCUT2D eigenvalue weighted by Crippen LogP contribution is -2.45. The summed E-state index contributed by atoms with van der Waals surface area (Å²) in [5.74, 6) is 0.0894. The maximum atomic E-state index is 12.4. The number of nitrogens with zero attached hydrogens (tertiary/aromatic N) is 3. The van der Waals surface area contributed by atoms with Crippen molar-refractivity contribution in [1.29, 1.82) is 0 Å². The number of rotatable bonds is 4. The Morgan fingerprint density at radius 3 is 2.78 bits per heavy atom. The molecule has 1 unspecified atom stereocenters. The summed E-state index contributed by atoms with van der Waals surface area (Å²) in [6, 6.07) is 7.66. The minimum Gasteiger partial charge on any atom is -0.375 e. The predicted molar refractivity (Wildman–Crippen MR) is 88.4 cm³/mol. The Kier molecular flexibility index (Phi) is 4.52. The van der Waals surface area contributed by atoms with Gasteiger partial charge in [0.15, 0.2) is 0 Å². The first kappa shape index (κ1) is 15.8. The van der Waals surface area contributed by atoms with E-state index in [4.69, 9.17) is 4.74 Å². The number of aryl methyl sites for hydroxylation is 2. The van der Waals surface area contributed by atoms with E-state index in [2.05, 4.69) is 6.92 Å². The van der Waals surface area contributed by atoms with Crippen molar-refractivity contribution >= 4 is 16.9 Å². The molecule has 0 N–H and O–H groups in total. The van der Waals surface area contributed by atoms with Gasteiger partial charge >= 0.3 is 5.69 Å². The highest BCUT2D eigenvalue weighted by molar-refractivity contribution is 5.78. The van der Waals surface area contributed by atoms with Gasteiger partial charge < -0.3 is 9.64 Å². The van der Waals surface area contributed by atoms with Crippen LogP contribution < -0.4 is 5.69 Å². The van der Waals surface area contributed by atoms with E-state index >= 15 is 0 Å². The number of hydrogen-bond donors (Lipinski definition) is 0. The fraction of sp³-hybridized carbons (Fsp3) is 0.529. The van der Waals surface area contributed by atoms with Gasteiger partial charge in [-0.2, -0.15) is 0 Å². The van der Waals surface area contributed by atoms with Gasteiger partial charge in [0.2, 0.25) is 5.91 Å². The number of morpholine rings is 1. The van der Waals surface area contributed by atoms with Crippen LogP contribution >= 0.6 is 0 Å². The fourth-order valence-corrected chi connectivity index (χ4v) is 3.14. The lowest BCUT2D eigenvalue weighted by atomic mass is 10.2. The Balaban J connectivity index is 1.72. The highest BCUT2D eigenvalue weighted by Crippen LogP contribution is 2.13. The standard InChI is InChI=1S/C17H23N3O3/c1-3-13-12-19(10-11-23-13)16(21)8-9-20-15-7-5-4-6-14(15)18(2)17(20)22/h4-7,13H,3,8-12H2,1-2H3. The summed E-state index contributed by atoms with van der Waals surface area (Å²) < 4.78 is 8.91. The molecule has 1 aromatic carbocycles. The molecule has 1 saturated heterocycles. The van der Waals surface area contributed by atoms with Crippen LogP contribution in [-0.2, 0) is 23.1 Å². The van der Waals surface area contributed by atoms with E-state index in [9.17, 15) is 9.59 Å². The number of hydrogen-bond acceptors (Lipinski definition) is 3. The molecular weight excluding hydrogens is 294 g/mol. The first-order valence-corrected chi connectivity index (χ1v) is 8.15. The molecule has 1 aromatic heterocycles. The van der Waals surface area contributed by atoms with Crippen LogP contribution in [0.2, 0.25) is 0 Å². The minimum atomic E-state index is -0.0765. The van der Waals surface area contributed by atoms with Crippen LogP contribution in [-0.4, -0.2) is 45.7 Å². The molecule has 2 aromatic rings. The zero-order valence-electron chi connectivity index (χ0n) is 13.7. The van der Waals surface area contributed by atoms with Gasteiger partial charge in [-0.05, 0) is 18.6 Å².